The first-order valence-electron chi connectivity index (χ1n) is 11.5. The number of benzene rings is 2. The maximum absolute atomic E-state index is 13.7. The lowest BCUT2D eigenvalue weighted by molar-refractivity contribution is 0.475. The summed E-state index contributed by atoms with van der Waals surface area (Å²) in [5, 5.41) is 26.5. The summed E-state index contributed by atoms with van der Waals surface area (Å²) in [7, 11) is 1.63. The van der Waals surface area contributed by atoms with Crippen LogP contribution in [0.25, 0.3) is 28.0 Å². The third-order valence-electron chi connectivity index (χ3n) is 6.08. The normalized spacial score (nSPS) is 11.1. The van der Waals surface area contributed by atoms with Gasteiger partial charge in [-0.25, -0.2) is 19.6 Å². The van der Waals surface area contributed by atoms with E-state index in [1.54, 1.807) is 42.9 Å². The zero-order chi connectivity index (χ0) is 26.3. The summed E-state index contributed by atoms with van der Waals surface area (Å²) in [5.41, 5.74) is 9.66. The van der Waals surface area contributed by atoms with Crippen LogP contribution < -0.4 is 16.6 Å². The van der Waals surface area contributed by atoms with Gasteiger partial charge in [0.25, 0.3) is 5.56 Å². The number of nitrogens with zero attached hydrogens (tertiary/aromatic N) is 6. The van der Waals surface area contributed by atoms with Crippen LogP contribution in [0.3, 0.4) is 0 Å². The zero-order valence-corrected chi connectivity index (χ0v) is 20.5. The molecule has 3 aromatic heterocycles. The average molecular weight is 496 g/mol. The molecule has 0 aliphatic rings. The summed E-state index contributed by atoms with van der Waals surface area (Å²) in [5.74, 6) is 0.684. The number of aromatic hydroxyl groups is 1. The fourth-order valence-corrected chi connectivity index (χ4v) is 4.36. The number of nitrogens with two attached hydrogens (primary N) is 1. The van der Waals surface area contributed by atoms with Crippen LogP contribution in [-0.4, -0.2) is 47.2 Å². The molecule has 0 saturated carbocycles. The van der Waals surface area contributed by atoms with Crippen LogP contribution in [-0.2, 0) is 6.54 Å². The molecule has 0 bridgehead atoms. The van der Waals surface area contributed by atoms with Crippen molar-refractivity contribution < 1.29 is 5.11 Å². The number of phenolic OH excluding ortho intramolecular Hbond substituents is 1. The maximum Gasteiger partial charge on any atom is 0.282 e. The van der Waals surface area contributed by atoms with Crippen molar-refractivity contribution >= 4 is 28.3 Å². The molecule has 37 heavy (non-hydrogen) atoms. The lowest BCUT2D eigenvalue weighted by Gasteiger charge is -2.18. The fourth-order valence-electron chi connectivity index (χ4n) is 4.36. The molecule has 5 rings (SSSR count). The molecular formula is C26H25N9O2. The molecule has 11 heteroatoms. The van der Waals surface area contributed by atoms with E-state index < -0.39 is 0 Å². The third-order valence-corrected chi connectivity index (χ3v) is 6.08. The number of anilines is 2. The second kappa shape index (κ2) is 9.19. The van der Waals surface area contributed by atoms with Crippen molar-refractivity contribution in [3.05, 3.63) is 82.3 Å². The van der Waals surface area contributed by atoms with Gasteiger partial charge in [0.1, 0.15) is 47.3 Å². The molecular weight excluding hydrogens is 470 g/mol. The van der Waals surface area contributed by atoms with Crippen molar-refractivity contribution in [2.45, 2.75) is 20.4 Å². The topological polar surface area (TPSA) is 161 Å². The highest BCUT2D eigenvalue weighted by molar-refractivity contribution is 5.99. The summed E-state index contributed by atoms with van der Waals surface area (Å²) in [6.07, 6.45) is 1.35. The van der Waals surface area contributed by atoms with Gasteiger partial charge in [0.2, 0.25) is 0 Å². The molecule has 0 aliphatic carbocycles. The Morgan fingerprint density at radius 3 is 2.65 bits per heavy atom. The van der Waals surface area contributed by atoms with Crippen LogP contribution in [0.2, 0.25) is 0 Å². The predicted molar refractivity (Wildman–Crippen MR) is 143 cm³/mol. The predicted octanol–water partition coefficient (Wildman–Crippen LogP) is 3.11. The SMILES string of the molecule is CNc1c(C(C)=N)nc(Cn2nc(-c3cccc(O)c3)c3c(N)ncnc32)n(-c2ccccc2C)c1=O. The van der Waals surface area contributed by atoms with E-state index in [0.29, 0.717) is 33.8 Å². The van der Waals surface area contributed by atoms with E-state index in [1.807, 2.05) is 31.2 Å². The van der Waals surface area contributed by atoms with E-state index in [4.69, 9.17) is 21.2 Å². The molecule has 0 amide bonds. The highest BCUT2D eigenvalue weighted by atomic mass is 16.3. The Kier molecular flexibility index (Phi) is 5.88. The summed E-state index contributed by atoms with van der Waals surface area (Å²) in [6.45, 7) is 3.55. The van der Waals surface area contributed by atoms with Gasteiger partial charge >= 0.3 is 0 Å². The highest BCUT2D eigenvalue weighted by Crippen LogP contribution is 2.32. The molecule has 0 unspecified atom stereocenters. The van der Waals surface area contributed by atoms with Crippen LogP contribution in [0.15, 0.2) is 59.7 Å². The molecule has 0 atom stereocenters. The van der Waals surface area contributed by atoms with E-state index in [0.717, 1.165) is 5.56 Å². The minimum Gasteiger partial charge on any atom is -0.508 e. The molecule has 0 aliphatic heterocycles. The van der Waals surface area contributed by atoms with Crippen LogP contribution in [0.4, 0.5) is 11.5 Å². The van der Waals surface area contributed by atoms with Gasteiger partial charge in [-0.2, -0.15) is 5.10 Å². The number of nitrogen functional groups attached to an aromatic ring is 1. The molecule has 11 nitrogen and oxygen atoms in total. The summed E-state index contributed by atoms with van der Waals surface area (Å²) in [4.78, 5) is 27.0. The number of nitrogens with one attached hydrogen (secondary N) is 2. The Balaban J connectivity index is 1.79. The fraction of sp³-hybridized carbons (Fsp3) is 0.154. The maximum atomic E-state index is 13.7. The van der Waals surface area contributed by atoms with Crippen LogP contribution in [0.1, 0.15) is 24.0 Å². The first-order valence-corrected chi connectivity index (χ1v) is 11.5. The van der Waals surface area contributed by atoms with Gasteiger partial charge in [0.15, 0.2) is 5.65 Å². The van der Waals surface area contributed by atoms with Crippen molar-refractivity contribution in [1.29, 1.82) is 5.41 Å². The van der Waals surface area contributed by atoms with Gasteiger partial charge in [-0.05, 0) is 37.6 Å². The minimum absolute atomic E-state index is 0.0552. The minimum atomic E-state index is -0.331. The third kappa shape index (κ3) is 4.05. The Morgan fingerprint density at radius 2 is 1.95 bits per heavy atom. The van der Waals surface area contributed by atoms with Gasteiger partial charge < -0.3 is 21.6 Å². The molecule has 0 radical (unpaired) electrons. The number of para-hydroxylation sites is 1. The smallest absolute Gasteiger partial charge is 0.282 e. The number of rotatable bonds is 6. The largest absolute Gasteiger partial charge is 0.508 e. The van der Waals surface area contributed by atoms with E-state index in [-0.39, 0.29) is 40.8 Å². The van der Waals surface area contributed by atoms with Crippen molar-refractivity contribution in [2.75, 3.05) is 18.1 Å². The summed E-state index contributed by atoms with van der Waals surface area (Å²) >= 11 is 0. The van der Waals surface area contributed by atoms with Gasteiger partial charge in [0, 0.05) is 12.6 Å². The molecule has 0 spiro atoms. The summed E-state index contributed by atoms with van der Waals surface area (Å²) < 4.78 is 3.13. The second-order valence-corrected chi connectivity index (χ2v) is 8.57. The molecule has 5 N–H and O–H groups in total. The zero-order valence-electron chi connectivity index (χ0n) is 20.5. The molecule has 5 aromatic rings. The first-order chi connectivity index (χ1) is 17.8. The number of fused-ring (bicyclic) bond motifs is 1. The Bertz CT molecular complexity index is 1740. The molecule has 186 valence electrons. The van der Waals surface area contributed by atoms with Gasteiger partial charge in [-0.3, -0.25) is 9.36 Å². The Morgan fingerprint density at radius 1 is 1.16 bits per heavy atom. The van der Waals surface area contributed by atoms with Crippen LogP contribution >= 0.6 is 0 Å². The standard InChI is InChI=1S/C26H25N9O2/c1-14-7-4-5-10-18(14)35-19(32-21(15(2)27)23(29-3)26(35)37)12-34-25-20(24(28)30-13-31-25)22(33-34)16-8-6-9-17(36)11-16/h4-11,13,27,29,36H,12H2,1-3H3,(H2,28,30,31). The number of hydrogen-bond donors (Lipinski definition) is 4. The molecule has 3 heterocycles. The van der Waals surface area contributed by atoms with Crippen molar-refractivity contribution in [3.63, 3.8) is 0 Å². The number of phenols is 1. The van der Waals surface area contributed by atoms with Crippen molar-refractivity contribution in [2.24, 2.45) is 0 Å². The molecule has 0 fully saturated rings. The Hall–Kier alpha value is -5.06. The van der Waals surface area contributed by atoms with Crippen molar-refractivity contribution in [1.82, 2.24) is 29.3 Å². The number of hydrogen-bond acceptors (Lipinski definition) is 9. The number of aryl methyl sites for hydroxylation is 1. The Labute approximate surface area is 211 Å². The van der Waals surface area contributed by atoms with E-state index in [2.05, 4.69) is 15.3 Å². The van der Waals surface area contributed by atoms with Gasteiger partial charge in [0.05, 0.1) is 16.8 Å². The molecule has 2 aromatic carbocycles. The molecule has 0 saturated heterocycles. The summed E-state index contributed by atoms with van der Waals surface area (Å²) in [6, 6.07) is 14.2. The quantitative estimate of drug-likeness (QED) is 0.261. The number of aromatic nitrogens is 6. The van der Waals surface area contributed by atoms with Gasteiger partial charge in [-0.1, -0.05) is 30.3 Å². The van der Waals surface area contributed by atoms with Gasteiger partial charge in [-0.15, -0.1) is 0 Å². The van der Waals surface area contributed by atoms with Crippen LogP contribution in [0.5, 0.6) is 5.75 Å². The van der Waals surface area contributed by atoms with E-state index >= 15 is 0 Å². The highest BCUT2D eigenvalue weighted by Gasteiger charge is 2.23. The van der Waals surface area contributed by atoms with Crippen LogP contribution in [0, 0.1) is 12.3 Å². The van der Waals surface area contributed by atoms with Crippen molar-refractivity contribution in [3.8, 4) is 22.7 Å². The monoisotopic (exact) mass is 495 g/mol. The first kappa shape index (κ1) is 23.7. The lowest BCUT2D eigenvalue weighted by atomic mass is 10.1. The average Bonchev–Trinajstić information content (AvgIpc) is 3.24. The lowest BCUT2D eigenvalue weighted by Crippen LogP contribution is -2.30. The van der Waals surface area contributed by atoms with E-state index in [1.165, 1.54) is 10.9 Å². The second-order valence-electron chi connectivity index (χ2n) is 8.57. The van der Waals surface area contributed by atoms with E-state index in [9.17, 15) is 9.90 Å².